The molecule has 0 saturated carbocycles. The van der Waals surface area contributed by atoms with Crippen molar-refractivity contribution in [1.82, 2.24) is 19.7 Å². The van der Waals surface area contributed by atoms with Crippen LogP contribution in [0.3, 0.4) is 0 Å². The van der Waals surface area contributed by atoms with Gasteiger partial charge in [-0.05, 0) is 6.92 Å². The fourth-order valence-corrected chi connectivity index (χ4v) is 1.24. The summed E-state index contributed by atoms with van der Waals surface area (Å²) in [6.07, 6.45) is 3.05. The summed E-state index contributed by atoms with van der Waals surface area (Å²) < 4.78 is 10.8. The van der Waals surface area contributed by atoms with Crippen LogP contribution in [-0.2, 0) is 6.54 Å². The van der Waals surface area contributed by atoms with Gasteiger partial charge in [-0.15, -0.1) is 0 Å². The number of hydrogen-bond acceptors (Lipinski definition) is 6. The molecule has 2 aromatic rings. The molecule has 0 saturated heterocycles. The highest BCUT2D eigenvalue weighted by Gasteiger charge is 2.08. The molecule has 0 amide bonds. The molecule has 0 unspecified atom stereocenters. The Bertz CT molecular complexity index is 546. The highest BCUT2D eigenvalue weighted by molar-refractivity contribution is 5.08. The maximum atomic E-state index is 11.3. The van der Waals surface area contributed by atoms with E-state index in [1.54, 1.807) is 13.1 Å². The molecule has 7 heteroatoms. The minimum atomic E-state index is -0.512. The van der Waals surface area contributed by atoms with Crippen LogP contribution in [0.15, 0.2) is 21.7 Å². The number of hydrogen-bond donors (Lipinski definition) is 0. The largest absolute Gasteiger partial charge is 0.480 e. The summed E-state index contributed by atoms with van der Waals surface area (Å²) in [6, 6.07) is 0. The van der Waals surface area contributed by atoms with E-state index in [-0.39, 0.29) is 6.54 Å². The van der Waals surface area contributed by atoms with Gasteiger partial charge in [0.15, 0.2) is 5.82 Å². The van der Waals surface area contributed by atoms with Crippen molar-refractivity contribution < 1.29 is 9.26 Å². The highest BCUT2D eigenvalue weighted by Crippen LogP contribution is 2.05. The predicted molar refractivity (Wildman–Crippen MR) is 53.2 cm³/mol. The standard InChI is InChI=1S/C9H10N4O3/c1-6-12-16-9(14)13(6)5-7-3-10-4-8(11-7)15-2/h3-4H,5H2,1-2H3. The Labute approximate surface area is 90.7 Å². The second-order valence-corrected chi connectivity index (χ2v) is 3.13. The van der Waals surface area contributed by atoms with Crippen LogP contribution in [0.25, 0.3) is 0 Å². The van der Waals surface area contributed by atoms with Gasteiger partial charge < -0.3 is 4.74 Å². The van der Waals surface area contributed by atoms with E-state index in [0.717, 1.165) is 0 Å². The number of nitrogens with zero attached hydrogens (tertiary/aromatic N) is 4. The van der Waals surface area contributed by atoms with Gasteiger partial charge in [0.1, 0.15) is 0 Å². The van der Waals surface area contributed by atoms with Gasteiger partial charge in [0, 0.05) is 0 Å². The molecule has 0 fully saturated rings. The minimum absolute atomic E-state index is 0.262. The molecular formula is C9H10N4O3. The third-order valence-electron chi connectivity index (χ3n) is 2.06. The van der Waals surface area contributed by atoms with E-state index in [2.05, 4.69) is 19.6 Å². The summed E-state index contributed by atoms with van der Waals surface area (Å²) in [5.74, 6) is 0.386. The molecule has 0 N–H and O–H groups in total. The van der Waals surface area contributed by atoms with Crippen LogP contribution in [0.5, 0.6) is 5.88 Å². The van der Waals surface area contributed by atoms with E-state index in [1.807, 2.05) is 0 Å². The van der Waals surface area contributed by atoms with Crippen LogP contribution in [0.1, 0.15) is 11.5 Å². The van der Waals surface area contributed by atoms with Crippen molar-refractivity contribution in [2.45, 2.75) is 13.5 Å². The molecule has 0 aliphatic carbocycles. The van der Waals surface area contributed by atoms with E-state index < -0.39 is 5.76 Å². The lowest BCUT2D eigenvalue weighted by Gasteiger charge is -2.02. The molecule has 16 heavy (non-hydrogen) atoms. The summed E-state index contributed by atoms with van der Waals surface area (Å²) >= 11 is 0. The van der Waals surface area contributed by atoms with Crippen molar-refractivity contribution in [2.24, 2.45) is 0 Å². The van der Waals surface area contributed by atoms with Crippen LogP contribution in [0.2, 0.25) is 0 Å². The Hall–Kier alpha value is -2.18. The molecule has 2 aromatic heterocycles. The first-order chi connectivity index (χ1) is 7.70. The molecule has 0 bridgehead atoms. The maximum absolute atomic E-state index is 11.3. The first-order valence-electron chi connectivity index (χ1n) is 4.58. The van der Waals surface area contributed by atoms with Crippen molar-refractivity contribution in [3.05, 3.63) is 34.5 Å². The third kappa shape index (κ3) is 1.92. The first-order valence-corrected chi connectivity index (χ1v) is 4.58. The van der Waals surface area contributed by atoms with Crippen molar-refractivity contribution in [3.63, 3.8) is 0 Å². The number of methoxy groups -OCH3 is 1. The van der Waals surface area contributed by atoms with Gasteiger partial charge in [0.2, 0.25) is 5.88 Å². The third-order valence-corrected chi connectivity index (χ3v) is 2.06. The molecule has 0 atom stereocenters. The summed E-state index contributed by atoms with van der Waals surface area (Å²) in [6.45, 7) is 1.94. The Balaban J connectivity index is 2.30. The van der Waals surface area contributed by atoms with Gasteiger partial charge in [-0.2, -0.15) is 0 Å². The molecule has 0 aromatic carbocycles. The van der Waals surface area contributed by atoms with E-state index >= 15 is 0 Å². The van der Waals surface area contributed by atoms with E-state index in [1.165, 1.54) is 17.9 Å². The molecule has 0 aliphatic heterocycles. The number of ether oxygens (including phenoxy) is 1. The summed E-state index contributed by atoms with van der Waals surface area (Å²) in [4.78, 5) is 19.3. The van der Waals surface area contributed by atoms with Crippen LogP contribution in [-0.4, -0.2) is 26.8 Å². The topological polar surface area (TPSA) is 83.0 Å². The summed E-state index contributed by atoms with van der Waals surface area (Å²) in [5, 5.41) is 3.55. The fourth-order valence-electron chi connectivity index (χ4n) is 1.24. The van der Waals surface area contributed by atoms with Crippen LogP contribution < -0.4 is 10.5 Å². The maximum Gasteiger partial charge on any atom is 0.441 e. The zero-order valence-corrected chi connectivity index (χ0v) is 8.88. The van der Waals surface area contributed by atoms with Crippen molar-refractivity contribution in [2.75, 3.05) is 7.11 Å². The molecule has 0 aliphatic rings. The second kappa shape index (κ2) is 4.13. The number of aromatic nitrogens is 4. The van der Waals surface area contributed by atoms with Gasteiger partial charge in [-0.25, -0.2) is 9.78 Å². The summed E-state index contributed by atoms with van der Waals surface area (Å²) in [5.41, 5.74) is 0.604. The van der Waals surface area contributed by atoms with Crippen LogP contribution in [0.4, 0.5) is 0 Å². The number of aryl methyl sites for hydroxylation is 1. The smallest absolute Gasteiger partial charge is 0.441 e. The SMILES string of the molecule is COc1cncc(Cn2c(C)noc2=O)n1. The van der Waals surface area contributed by atoms with Crippen molar-refractivity contribution in [3.8, 4) is 5.88 Å². The molecule has 84 valence electrons. The van der Waals surface area contributed by atoms with E-state index in [9.17, 15) is 4.79 Å². The Morgan fingerprint density at radius 3 is 2.94 bits per heavy atom. The average molecular weight is 222 g/mol. The van der Waals surface area contributed by atoms with Gasteiger partial charge in [-0.3, -0.25) is 14.1 Å². The molecule has 7 nitrogen and oxygen atoms in total. The molecule has 2 rings (SSSR count). The lowest BCUT2D eigenvalue weighted by atomic mass is 10.4. The normalized spacial score (nSPS) is 10.4. The van der Waals surface area contributed by atoms with E-state index in [4.69, 9.17) is 4.74 Å². The van der Waals surface area contributed by atoms with Crippen LogP contribution >= 0.6 is 0 Å². The molecule has 0 radical (unpaired) electrons. The minimum Gasteiger partial charge on any atom is -0.480 e. The van der Waals surface area contributed by atoms with Crippen molar-refractivity contribution in [1.29, 1.82) is 0 Å². The Morgan fingerprint density at radius 1 is 1.50 bits per heavy atom. The second-order valence-electron chi connectivity index (χ2n) is 3.13. The van der Waals surface area contributed by atoms with Crippen molar-refractivity contribution >= 4 is 0 Å². The predicted octanol–water partition coefficient (Wildman–Crippen LogP) is -0.00838. The molecular weight excluding hydrogens is 212 g/mol. The van der Waals surface area contributed by atoms with E-state index in [0.29, 0.717) is 17.4 Å². The fraction of sp³-hybridized carbons (Fsp3) is 0.333. The molecule has 0 spiro atoms. The lowest BCUT2D eigenvalue weighted by molar-refractivity contribution is 0.374. The first kappa shape index (κ1) is 10.3. The monoisotopic (exact) mass is 222 g/mol. The Kier molecular flexibility index (Phi) is 2.67. The lowest BCUT2D eigenvalue weighted by Crippen LogP contribution is -2.17. The summed E-state index contributed by atoms with van der Waals surface area (Å²) in [7, 11) is 1.50. The van der Waals surface area contributed by atoms with Gasteiger partial charge >= 0.3 is 5.76 Å². The molecule has 2 heterocycles. The van der Waals surface area contributed by atoms with Crippen LogP contribution in [0, 0.1) is 6.92 Å². The van der Waals surface area contributed by atoms with Gasteiger partial charge in [-0.1, -0.05) is 5.16 Å². The van der Waals surface area contributed by atoms with Gasteiger partial charge in [0.25, 0.3) is 0 Å². The zero-order chi connectivity index (χ0) is 11.5. The highest BCUT2D eigenvalue weighted by atomic mass is 16.5. The van der Waals surface area contributed by atoms with Gasteiger partial charge in [0.05, 0.1) is 31.7 Å². The average Bonchev–Trinajstić information content (AvgIpc) is 2.61. The Morgan fingerprint density at radius 2 is 2.31 bits per heavy atom. The number of rotatable bonds is 3. The zero-order valence-electron chi connectivity index (χ0n) is 8.88. The quantitative estimate of drug-likeness (QED) is 0.726.